The van der Waals surface area contributed by atoms with Gasteiger partial charge in [-0.15, -0.1) is 0 Å². The quantitative estimate of drug-likeness (QED) is 0.623. The number of alkyl halides is 3. The van der Waals surface area contributed by atoms with E-state index in [2.05, 4.69) is 10.6 Å². The van der Waals surface area contributed by atoms with E-state index in [0.29, 0.717) is 24.5 Å². The molecule has 0 spiro atoms. The molecule has 2 atom stereocenters. The number of hydrogen-bond donors (Lipinski definition) is 3. The maximum atomic E-state index is 13.5. The van der Waals surface area contributed by atoms with Crippen molar-refractivity contribution in [3.63, 3.8) is 0 Å². The molecule has 6 nitrogen and oxygen atoms in total. The van der Waals surface area contributed by atoms with E-state index in [4.69, 9.17) is 4.99 Å². The Morgan fingerprint density at radius 1 is 1.12 bits per heavy atom. The van der Waals surface area contributed by atoms with Crippen molar-refractivity contribution in [2.75, 3.05) is 13.1 Å². The second-order valence-electron chi connectivity index (χ2n) is 10.3. The summed E-state index contributed by atoms with van der Waals surface area (Å²) in [5.74, 6) is 0.928. The molecule has 1 aromatic carbocycles. The van der Waals surface area contributed by atoms with Crippen LogP contribution in [0.4, 0.5) is 13.2 Å². The van der Waals surface area contributed by atoms with E-state index in [1.54, 1.807) is 12.1 Å². The number of likely N-dealkylation sites (tertiary alicyclic amines) is 1. The molecule has 3 N–H and O–H groups in total. The number of piperidine rings is 1. The summed E-state index contributed by atoms with van der Waals surface area (Å²) in [4.78, 5) is 19.4. The Morgan fingerprint density at radius 3 is 2.47 bits per heavy atom. The smallest absolute Gasteiger partial charge is 0.394 e. The summed E-state index contributed by atoms with van der Waals surface area (Å²) < 4.78 is 40.6. The molecule has 1 amide bonds. The van der Waals surface area contributed by atoms with Gasteiger partial charge in [-0.3, -0.25) is 4.79 Å². The highest BCUT2D eigenvalue weighted by atomic mass is 19.4. The van der Waals surface area contributed by atoms with Crippen LogP contribution in [0.25, 0.3) is 0 Å². The summed E-state index contributed by atoms with van der Waals surface area (Å²) in [7, 11) is 0. The SMILES string of the molecule is O=C(c1ccc(O)cc1)N1CCC(C2=C3NC(C4CC5(C(F)(F)F)CC4C5)=NC3NC=C2)CC1. The van der Waals surface area contributed by atoms with Crippen LogP contribution in [0.5, 0.6) is 5.75 Å². The third-order valence-corrected chi connectivity index (χ3v) is 8.41. The number of nitrogens with one attached hydrogen (secondary N) is 2. The topological polar surface area (TPSA) is 77.0 Å². The summed E-state index contributed by atoms with van der Waals surface area (Å²) in [5.41, 5.74) is 1.13. The largest absolute Gasteiger partial charge is 0.508 e. The lowest BCUT2D eigenvalue weighted by Crippen LogP contribution is -2.42. The molecule has 34 heavy (non-hydrogen) atoms. The lowest BCUT2D eigenvalue weighted by molar-refractivity contribution is -0.244. The molecule has 6 aliphatic rings. The molecule has 0 aromatic heterocycles. The Bertz CT molecular complexity index is 1090. The Hall–Kier alpha value is -2.97. The first kappa shape index (κ1) is 21.6. The highest BCUT2D eigenvalue weighted by Gasteiger charge is 2.69. The molecule has 1 saturated heterocycles. The zero-order valence-electron chi connectivity index (χ0n) is 18.6. The monoisotopic (exact) mass is 472 g/mol. The molecule has 9 heteroatoms. The van der Waals surface area contributed by atoms with Crippen LogP contribution >= 0.6 is 0 Å². The number of amidine groups is 1. The Balaban J connectivity index is 1.13. The lowest BCUT2D eigenvalue weighted by atomic mass is 9.69. The number of allylic oxidation sites excluding steroid dienone is 2. The summed E-state index contributed by atoms with van der Waals surface area (Å²) in [6.45, 7) is 1.25. The molecule has 3 heterocycles. The van der Waals surface area contributed by atoms with Gasteiger partial charge in [0, 0.05) is 24.6 Å². The lowest BCUT2D eigenvalue weighted by Gasteiger charge is -2.39. The predicted octanol–water partition coefficient (Wildman–Crippen LogP) is 3.92. The molecule has 2 unspecified atom stereocenters. The van der Waals surface area contributed by atoms with Crippen molar-refractivity contribution >= 4 is 11.7 Å². The van der Waals surface area contributed by atoms with E-state index in [1.165, 1.54) is 12.1 Å². The molecular weight excluding hydrogens is 445 g/mol. The Labute approximate surface area is 195 Å². The standard InChI is InChI=1S/C25H27F3N4O2/c26-25(27,28)24-11-16(12-24)19(13-24)21-30-20-18(5-8-29-22(20)31-21)14-6-9-32(10-7-14)23(34)15-1-3-17(33)4-2-15/h1-5,8,14,16,19,22,29,33H,6-7,9-13H2,(H,30,31). The first-order chi connectivity index (χ1) is 16.2. The number of carbonyl (C=O) groups is 1. The van der Waals surface area contributed by atoms with Gasteiger partial charge in [0.2, 0.25) is 0 Å². The van der Waals surface area contributed by atoms with Gasteiger partial charge in [-0.05, 0) is 86.1 Å². The summed E-state index contributed by atoms with van der Waals surface area (Å²) >= 11 is 0. The van der Waals surface area contributed by atoms with Crippen LogP contribution in [0.1, 0.15) is 42.5 Å². The maximum absolute atomic E-state index is 13.5. The summed E-state index contributed by atoms with van der Waals surface area (Å²) in [6.07, 6.45) is 1.68. The molecule has 0 radical (unpaired) electrons. The third-order valence-electron chi connectivity index (χ3n) is 8.41. The number of phenolic OH excluding ortho intramolecular Hbond substituents is 1. The highest BCUT2D eigenvalue weighted by Crippen LogP contribution is 2.68. The van der Waals surface area contributed by atoms with E-state index in [-0.39, 0.29) is 54.8 Å². The Kier molecular flexibility index (Phi) is 4.76. The summed E-state index contributed by atoms with van der Waals surface area (Å²) in [5, 5.41) is 16.1. The minimum Gasteiger partial charge on any atom is -0.508 e. The minimum absolute atomic E-state index is 0.0433. The maximum Gasteiger partial charge on any atom is 0.394 e. The van der Waals surface area contributed by atoms with Gasteiger partial charge in [0.25, 0.3) is 5.91 Å². The minimum atomic E-state index is -4.14. The van der Waals surface area contributed by atoms with Crippen molar-refractivity contribution in [1.29, 1.82) is 0 Å². The van der Waals surface area contributed by atoms with Crippen LogP contribution in [-0.2, 0) is 0 Å². The number of fused-ring (bicyclic) bond motifs is 2. The van der Waals surface area contributed by atoms with Crippen LogP contribution in [0.15, 0.2) is 52.8 Å². The average Bonchev–Trinajstić information content (AvgIpc) is 3.50. The summed E-state index contributed by atoms with van der Waals surface area (Å²) in [6, 6.07) is 6.29. The average molecular weight is 473 g/mol. The number of aromatic hydroxyl groups is 1. The van der Waals surface area contributed by atoms with Crippen LogP contribution in [0.3, 0.4) is 0 Å². The van der Waals surface area contributed by atoms with Gasteiger partial charge in [-0.1, -0.05) is 0 Å². The molecular formula is C25H27F3N4O2. The van der Waals surface area contributed by atoms with Crippen LogP contribution in [-0.4, -0.2) is 47.2 Å². The van der Waals surface area contributed by atoms with Gasteiger partial charge in [0.1, 0.15) is 11.6 Å². The number of carbonyl (C=O) groups excluding carboxylic acids is 1. The molecule has 3 saturated carbocycles. The number of rotatable bonds is 3. The van der Waals surface area contributed by atoms with Crippen LogP contribution < -0.4 is 10.6 Å². The van der Waals surface area contributed by atoms with E-state index in [1.807, 2.05) is 17.2 Å². The number of aliphatic imine (C=N–C) groups is 1. The fourth-order valence-electron chi connectivity index (χ4n) is 6.49. The van der Waals surface area contributed by atoms with Crippen molar-refractivity contribution in [3.8, 4) is 5.75 Å². The van der Waals surface area contributed by atoms with Crippen molar-refractivity contribution < 1.29 is 23.1 Å². The highest BCUT2D eigenvalue weighted by molar-refractivity contribution is 5.94. The second kappa shape index (κ2) is 7.52. The molecule has 1 aromatic rings. The number of amides is 1. The molecule has 3 aliphatic carbocycles. The molecule has 2 bridgehead atoms. The number of hydrogen-bond acceptors (Lipinski definition) is 5. The number of nitrogens with zero attached hydrogens (tertiary/aromatic N) is 2. The molecule has 7 rings (SSSR count). The fourth-order valence-corrected chi connectivity index (χ4v) is 6.49. The molecule has 3 aliphatic heterocycles. The van der Waals surface area contributed by atoms with Gasteiger partial charge < -0.3 is 20.6 Å². The van der Waals surface area contributed by atoms with Gasteiger partial charge in [0.15, 0.2) is 6.17 Å². The first-order valence-electron chi connectivity index (χ1n) is 11.9. The normalized spacial score (nSPS) is 32.6. The predicted molar refractivity (Wildman–Crippen MR) is 120 cm³/mol. The van der Waals surface area contributed by atoms with Gasteiger partial charge >= 0.3 is 6.18 Å². The van der Waals surface area contributed by atoms with E-state index in [0.717, 1.165) is 24.1 Å². The van der Waals surface area contributed by atoms with Crippen LogP contribution in [0.2, 0.25) is 0 Å². The zero-order valence-corrected chi connectivity index (χ0v) is 18.6. The van der Waals surface area contributed by atoms with E-state index >= 15 is 0 Å². The number of halogens is 3. The van der Waals surface area contributed by atoms with Crippen molar-refractivity contribution in [2.45, 2.75) is 44.4 Å². The van der Waals surface area contributed by atoms with Crippen LogP contribution in [0, 0.1) is 23.2 Å². The van der Waals surface area contributed by atoms with Crippen molar-refractivity contribution in [2.24, 2.45) is 28.2 Å². The van der Waals surface area contributed by atoms with Crippen molar-refractivity contribution in [1.82, 2.24) is 15.5 Å². The molecule has 180 valence electrons. The van der Waals surface area contributed by atoms with Gasteiger partial charge in [-0.25, -0.2) is 4.99 Å². The third kappa shape index (κ3) is 3.31. The number of dihydropyridines is 1. The number of benzene rings is 1. The first-order valence-corrected chi connectivity index (χ1v) is 11.9. The van der Waals surface area contributed by atoms with Crippen molar-refractivity contribution in [3.05, 3.63) is 53.4 Å². The Morgan fingerprint density at radius 2 is 1.82 bits per heavy atom. The van der Waals surface area contributed by atoms with E-state index in [9.17, 15) is 23.1 Å². The van der Waals surface area contributed by atoms with E-state index < -0.39 is 11.6 Å². The van der Waals surface area contributed by atoms with Gasteiger partial charge in [0.05, 0.1) is 11.1 Å². The zero-order chi connectivity index (χ0) is 23.7. The fraction of sp³-hybridized carbons (Fsp3) is 0.520. The van der Waals surface area contributed by atoms with Gasteiger partial charge in [-0.2, -0.15) is 13.2 Å². The molecule has 4 fully saturated rings. The number of phenols is 1. The second-order valence-corrected chi connectivity index (χ2v) is 10.3.